The second-order valence-corrected chi connectivity index (χ2v) is 9.19. The van der Waals surface area contributed by atoms with Gasteiger partial charge in [0, 0.05) is 25.7 Å². The van der Waals surface area contributed by atoms with Crippen molar-refractivity contribution in [3.05, 3.63) is 47.2 Å². The summed E-state index contributed by atoms with van der Waals surface area (Å²) in [4.78, 5) is 13.8. The van der Waals surface area contributed by atoms with Gasteiger partial charge >= 0.3 is 12.3 Å². The molecule has 0 aliphatic carbocycles. The minimum absolute atomic E-state index is 0.0264. The third-order valence-electron chi connectivity index (χ3n) is 6.37. The number of hydrogen-bond acceptors (Lipinski definition) is 6. The van der Waals surface area contributed by atoms with Gasteiger partial charge in [0.2, 0.25) is 6.10 Å². The molecule has 2 fully saturated rings. The molecule has 4 rings (SSSR count). The van der Waals surface area contributed by atoms with Gasteiger partial charge in [-0.1, -0.05) is 23.7 Å². The van der Waals surface area contributed by atoms with Gasteiger partial charge in [-0.25, -0.2) is 4.79 Å². The molecule has 0 radical (unpaired) electrons. The molecule has 2 saturated heterocycles. The van der Waals surface area contributed by atoms with Crippen LogP contribution in [0.15, 0.2) is 36.7 Å². The number of amides is 1. The molecule has 2 aliphatic rings. The number of likely N-dealkylation sites (tertiary alicyclic amines) is 1. The van der Waals surface area contributed by atoms with Gasteiger partial charge in [-0.05, 0) is 30.5 Å². The molecule has 12 heteroatoms. The van der Waals surface area contributed by atoms with Crippen LogP contribution in [0.1, 0.15) is 30.9 Å². The Morgan fingerprint density at radius 2 is 2.00 bits per heavy atom. The highest BCUT2D eigenvalue weighted by atomic mass is 35.5. The Bertz CT molecular complexity index is 993. The SMILES string of the molecule is COc1ccc(COC[C@@H](OC(=O)N2CCC3(CC2)CC(n2cc(Cl)cn2)CO3)C(F)(F)F)cc1. The first-order valence-corrected chi connectivity index (χ1v) is 11.6. The zero-order valence-electron chi connectivity index (χ0n) is 19.2. The Labute approximate surface area is 205 Å². The van der Waals surface area contributed by atoms with Crippen LogP contribution in [-0.4, -0.2) is 72.1 Å². The molecule has 1 amide bonds. The smallest absolute Gasteiger partial charge is 0.427 e. The van der Waals surface area contributed by atoms with Gasteiger partial charge in [-0.2, -0.15) is 18.3 Å². The molecule has 0 saturated carbocycles. The van der Waals surface area contributed by atoms with Gasteiger partial charge in [0.15, 0.2) is 0 Å². The van der Waals surface area contributed by atoms with Crippen LogP contribution in [0.5, 0.6) is 5.75 Å². The number of halogens is 4. The van der Waals surface area contributed by atoms with Crippen molar-refractivity contribution in [1.82, 2.24) is 14.7 Å². The van der Waals surface area contributed by atoms with Crippen LogP contribution < -0.4 is 4.74 Å². The van der Waals surface area contributed by atoms with E-state index in [9.17, 15) is 18.0 Å². The fourth-order valence-corrected chi connectivity index (χ4v) is 4.49. The molecule has 3 heterocycles. The van der Waals surface area contributed by atoms with Crippen LogP contribution in [-0.2, 0) is 20.8 Å². The van der Waals surface area contributed by atoms with Crippen LogP contribution in [0, 0.1) is 0 Å². The minimum atomic E-state index is -4.75. The summed E-state index contributed by atoms with van der Waals surface area (Å²) in [7, 11) is 1.52. The van der Waals surface area contributed by atoms with Gasteiger partial charge < -0.3 is 23.8 Å². The maximum atomic E-state index is 13.5. The first-order valence-electron chi connectivity index (χ1n) is 11.2. The summed E-state index contributed by atoms with van der Waals surface area (Å²) in [5.74, 6) is 0.628. The van der Waals surface area contributed by atoms with E-state index in [0.29, 0.717) is 42.2 Å². The van der Waals surface area contributed by atoms with E-state index in [4.69, 9.17) is 30.5 Å². The number of carbonyl (C=O) groups excluding carboxylic acids is 1. The maximum absolute atomic E-state index is 13.5. The number of alkyl halides is 3. The Hall–Kier alpha value is -2.50. The minimum Gasteiger partial charge on any atom is -0.497 e. The third-order valence-corrected chi connectivity index (χ3v) is 6.57. The first kappa shape index (κ1) is 25.6. The number of hydrogen-bond donors (Lipinski definition) is 0. The van der Waals surface area contributed by atoms with E-state index in [0.717, 1.165) is 0 Å². The molecule has 1 spiro atoms. The average molecular weight is 518 g/mol. The van der Waals surface area contributed by atoms with E-state index in [2.05, 4.69) is 5.10 Å². The monoisotopic (exact) mass is 517 g/mol. The summed E-state index contributed by atoms with van der Waals surface area (Å²) in [5, 5.41) is 4.76. The van der Waals surface area contributed by atoms with E-state index >= 15 is 0 Å². The number of nitrogens with zero attached hydrogens (tertiary/aromatic N) is 3. The lowest BCUT2D eigenvalue weighted by Gasteiger charge is -2.38. The molecular formula is C23H27ClF3N3O5. The summed E-state index contributed by atoms with van der Waals surface area (Å²) < 4.78 is 63.3. The molecule has 35 heavy (non-hydrogen) atoms. The third kappa shape index (κ3) is 6.39. The van der Waals surface area contributed by atoms with Crippen molar-refractivity contribution in [2.24, 2.45) is 0 Å². The van der Waals surface area contributed by atoms with Crippen LogP contribution in [0.3, 0.4) is 0 Å². The molecule has 1 aromatic heterocycles. The number of ether oxygens (including phenoxy) is 4. The average Bonchev–Trinajstić information content (AvgIpc) is 3.45. The van der Waals surface area contributed by atoms with E-state index in [1.807, 2.05) is 0 Å². The van der Waals surface area contributed by atoms with Gasteiger partial charge in [0.1, 0.15) is 5.75 Å². The molecule has 8 nitrogen and oxygen atoms in total. The molecule has 192 valence electrons. The molecular weight excluding hydrogens is 491 g/mol. The van der Waals surface area contributed by atoms with Gasteiger partial charge in [-0.15, -0.1) is 0 Å². The van der Waals surface area contributed by atoms with Crippen LogP contribution in [0.4, 0.5) is 18.0 Å². The molecule has 2 aliphatic heterocycles. The lowest BCUT2D eigenvalue weighted by Crippen LogP contribution is -2.49. The van der Waals surface area contributed by atoms with Crippen molar-refractivity contribution < 1.29 is 36.9 Å². The van der Waals surface area contributed by atoms with Crippen LogP contribution in [0.25, 0.3) is 0 Å². The molecule has 2 atom stereocenters. The second-order valence-electron chi connectivity index (χ2n) is 8.75. The predicted molar refractivity (Wildman–Crippen MR) is 119 cm³/mol. The van der Waals surface area contributed by atoms with Crippen molar-refractivity contribution >= 4 is 17.7 Å². The summed E-state index contributed by atoms with van der Waals surface area (Å²) in [6.45, 7) is 0.0894. The Morgan fingerprint density at radius 1 is 1.29 bits per heavy atom. The van der Waals surface area contributed by atoms with Gasteiger partial charge in [-0.3, -0.25) is 4.68 Å². The van der Waals surface area contributed by atoms with E-state index < -0.39 is 30.6 Å². The highest BCUT2D eigenvalue weighted by Gasteiger charge is 2.47. The van der Waals surface area contributed by atoms with Gasteiger partial charge in [0.25, 0.3) is 0 Å². The van der Waals surface area contributed by atoms with E-state index in [1.54, 1.807) is 41.3 Å². The normalized spacial score (nSPS) is 20.7. The molecule has 0 N–H and O–H groups in total. The predicted octanol–water partition coefficient (Wildman–Crippen LogP) is 4.63. The van der Waals surface area contributed by atoms with Crippen molar-refractivity contribution in [3.8, 4) is 5.75 Å². The maximum Gasteiger partial charge on any atom is 0.427 e. The highest BCUT2D eigenvalue weighted by Crippen LogP contribution is 2.41. The number of carbonyl (C=O) groups is 1. The summed E-state index contributed by atoms with van der Waals surface area (Å²) in [6.07, 6.45) is -3.14. The van der Waals surface area contributed by atoms with Crippen LogP contribution >= 0.6 is 11.6 Å². The Kier molecular flexibility index (Phi) is 7.77. The van der Waals surface area contributed by atoms with Gasteiger partial charge in [0.05, 0.1) is 49.8 Å². The van der Waals surface area contributed by atoms with Crippen molar-refractivity contribution in [1.29, 1.82) is 0 Å². The summed E-state index contributed by atoms with van der Waals surface area (Å²) in [5.41, 5.74) is 0.233. The number of benzene rings is 1. The Balaban J connectivity index is 1.26. The largest absolute Gasteiger partial charge is 0.497 e. The van der Waals surface area contributed by atoms with E-state index in [-0.39, 0.29) is 25.7 Å². The molecule has 0 bridgehead atoms. The number of methoxy groups -OCH3 is 1. The first-order chi connectivity index (χ1) is 16.7. The number of rotatable bonds is 7. The molecule has 1 aromatic carbocycles. The standard InChI is InChI=1S/C23H27ClF3N3O5/c1-32-19-4-2-16(3-5-19)13-33-15-20(23(25,26)27)35-21(31)29-8-6-22(7-9-29)10-18(14-34-22)30-12-17(24)11-28-30/h2-5,11-12,18,20H,6-10,13-15H2,1H3/t18?,20-/m1/s1. The van der Waals surface area contributed by atoms with Crippen molar-refractivity contribution in [2.45, 2.75) is 49.8 Å². The summed E-state index contributed by atoms with van der Waals surface area (Å²) in [6, 6.07) is 6.77. The fraction of sp³-hybridized carbons (Fsp3) is 0.565. The lowest BCUT2D eigenvalue weighted by atomic mass is 9.87. The molecule has 1 unspecified atom stereocenters. The van der Waals surface area contributed by atoms with Crippen molar-refractivity contribution in [3.63, 3.8) is 0 Å². The second kappa shape index (κ2) is 10.6. The fourth-order valence-electron chi connectivity index (χ4n) is 4.35. The number of aromatic nitrogens is 2. The lowest BCUT2D eigenvalue weighted by molar-refractivity contribution is -0.220. The zero-order chi connectivity index (χ0) is 25.1. The van der Waals surface area contributed by atoms with E-state index in [1.165, 1.54) is 12.0 Å². The summed E-state index contributed by atoms with van der Waals surface area (Å²) >= 11 is 5.94. The van der Waals surface area contributed by atoms with Crippen LogP contribution in [0.2, 0.25) is 5.02 Å². The zero-order valence-corrected chi connectivity index (χ0v) is 19.9. The van der Waals surface area contributed by atoms with Crippen molar-refractivity contribution in [2.75, 3.05) is 33.4 Å². The quantitative estimate of drug-likeness (QED) is 0.533. The highest BCUT2D eigenvalue weighted by molar-refractivity contribution is 6.30. The molecule has 2 aromatic rings. The number of piperidine rings is 1. The topological polar surface area (TPSA) is 75.1 Å². The Morgan fingerprint density at radius 3 is 2.60 bits per heavy atom.